The summed E-state index contributed by atoms with van der Waals surface area (Å²) in [7, 11) is 0. The minimum Gasteiger partial charge on any atom is -0.363 e. The summed E-state index contributed by atoms with van der Waals surface area (Å²) in [6.45, 7) is 2.13. The van der Waals surface area contributed by atoms with Crippen molar-refractivity contribution in [2.45, 2.75) is 13.0 Å². The number of nitrogens with zero attached hydrogens (tertiary/aromatic N) is 2. The molecule has 128 valence electrons. The van der Waals surface area contributed by atoms with E-state index < -0.39 is 0 Å². The van der Waals surface area contributed by atoms with Crippen LogP contribution < -0.4 is 5.32 Å². The van der Waals surface area contributed by atoms with Crippen molar-refractivity contribution in [3.05, 3.63) is 89.4 Å². The molecular formula is C22H18ClN3. The van der Waals surface area contributed by atoms with E-state index in [1.54, 1.807) is 0 Å². The average Bonchev–Trinajstić information content (AvgIpc) is 2.69. The van der Waals surface area contributed by atoms with Crippen molar-refractivity contribution < 1.29 is 0 Å². The van der Waals surface area contributed by atoms with Gasteiger partial charge in [-0.15, -0.1) is 0 Å². The van der Waals surface area contributed by atoms with Crippen LogP contribution in [0.25, 0.3) is 22.3 Å². The van der Waals surface area contributed by atoms with Crippen LogP contribution in [0.15, 0.2) is 78.9 Å². The summed E-state index contributed by atoms with van der Waals surface area (Å²) in [5.41, 5.74) is 3.06. The van der Waals surface area contributed by atoms with Crippen LogP contribution in [-0.2, 0) is 0 Å². The van der Waals surface area contributed by atoms with Gasteiger partial charge in [-0.2, -0.15) is 0 Å². The maximum atomic E-state index is 6.01. The summed E-state index contributed by atoms with van der Waals surface area (Å²) in [6, 6.07) is 26.1. The van der Waals surface area contributed by atoms with E-state index in [9.17, 15) is 0 Å². The minimum atomic E-state index is 0.132. The van der Waals surface area contributed by atoms with Gasteiger partial charge in [-0.3, -0.25) is 0 Å². The van der Waals surface area contributed by atoms with Crippen LogP contribution >= 0.6 is 11.6 Å². The van der Waals surface area contributed by atoms with Crippen LogP contribution in [0.4, 0.5) is 5.82 Å². The molecular weight excluding hydrogens is 342 g/mol. The van der Waals surface area contributed by atoms with E-state index in [4.69, 9.17) is 21.6 Å². The molecule has 0 radical (unpaired) electrons. The van der Waals surface area contributed by atoms with E-state index in [0.717, 1.165) is 22.3 Å². The number of halogens is 1. The molecule has 0 aliphatic carbocycles. The lowest BCUT2D eigenvalue weighted by molar-refractivity contribution is 0.876. The highest BCUT2D eigenvalue weighted by atomic mass is 35.5. The second kappa shape index (κ2) is 7.14. The van der Waals surface area contributed by atoms with Crippen molar-refractivity contribution >= 4 is 28.3 Å². The molecule has 26 heavy (non-hydrogen) atoms. The summed E-state index contributed by atoms with van der Waals surface area (Å²) < 4.78 is 0. The maximum Gasteiger partial charge on any atom is 0.162 e. The number of anilines is 1. The fraction of sp³-hybridized carbons (Fsp3) is 0.0909. The van der Waals surface area contributed by atoms with Gasteiger partial charge < -0.3 is 5.32 Å². The molecule has 1 aromatic heterocycles. The van der Waals surface area contributed by atoms with Crippen LogP contribution in [0.2, 0.25) is 5.02 Å². The molecule has 3 aromatic carbocycles. The lowest BCUT2D eigenvalue weighted by Crippen LogP contribution is -2.09. The predicted octanol–water partition coefficient (Wildman–Crippen LogP) is 6.12. The fourth-order valence-electron chi connectivity index (χ4n) is 2.94. The van der Waals surface area contributed by atoms with Gasteiger partial charge in [0.2, 0.25) is 0 Å². The Bertz CT molecular complexity index is 1030. The lowest BCUT2D eigenvalue weighted by Gasteiger charge is -2.17. The number of rotatable bonds is 4. The first-order valence-electron chi connectivity index (χ1n) is 8.55. The number of aromatic nitrogens is 2. The third kappa shape index (κ3) is 3.39. The van der Waals surface area contributed by atoms with Crippen molar-refractivity contribution in [2.75, 3.05) is 5.32 Å². The Morgan fingerprint density at radius 1 is 0.808 bits per heavy atom. The normalized spacial score (nSPS) is 12.1. The Labute approximate surface area is 157 Å². The van der Waals surface area contributed by atoms with Crippen LogP contribution in [0.1, 0.15) is 18.5 Å². The average molecular weight is 360 g/mol. The SMILES string of the molecule is C[C@@H](Nc1nc(-c2ccc(Cl)cc2)nc2ccccc12)c1ccccc1. The number of benzene rings is 3. The third-order valence-corrected chi connectivity index (χ3v) is 4.61. The van der Waals surface area contributed by atoms with E-state index in [2.05, 4.69) is 24.4 Å². The van der Waals surface area contributed by atoms with E-state index in [1.807, 2.05) is 66.7 Å². The molecule has 0 fully saturated rings. The molecule has 1 heterocycles. The largest absolute Gasteiger partial charge is 0.363 e. The third-order valence-electron chi connectivity index (χ3n) is 4.36. The first-order chi connectivity index (χ1) is 12.7. The summed E-state index contributed by atoms with van der Waals surface area (Å²) in [6.07, 6.45) is 0. The van der Waals surface area contributed by atoms with Gasteiger partial charge in [-0.25, -0.2) is 9.97 Å². The fourth-order valence-corrected chi connectivity index (χ4v) is 3.07. The molecule has 0 aliphatic heterocycles. The van der Waals surface area contributed by atoms with E-state index in [-0.39, 0.29) is 6.04 Å². The zero-order chi connectivity index (χ0) is 17.9. The monoisotopic (exact) mass is 359 g/mol. The smallest absolute Gasteiger partial charge is 0.162 e. The Morgan fingerprint density at radius 3 is 2.27 bits per heavy atom. The summed E-state index contributed by atoms with van der Waals surface area (Å²) in [5, 5.41) is 5.25. The van der Waals surface area contributed by atoms with Gasteiger partial charge in [0, 0.05) is 22.0 Å². The first kappa shape index (κ1) is 16.6. The second-order valence-electron chi connectivity index (χ2n) is 6.20. The molecule has 0 spiro atoms. The van der Waals surface area contributed by atoms with E-state index in [0.29, 0.717) is 10.8 Å². The molecule has 0 saturated carbocycles. The highest BCUT2D eigenvalue weighted by Gasteiger charge is 2.12. The van der Waals surface area contributed by atoms with Crippen molar-refractivity contribution in [3.8, 4) is 11.4 Å². The van der Waals surface area contributed by atoms with Crippen molar-refractivity contribution in [2.24, 2.45) is 0 Å². The molecule has 0 unspecified atom stereocenters. The standard InChI is InChI=1S/C22H18ClN3/c1-15(16-7-3-2-4-8-16)24-22-19-9-5-6-10-20(19)25-21(26-22)17-11-13-18(23)14-12-17/h2-15H,1H3,(H,24,25,26)/t15-/m1/s1. The molecule has 4 heteroatoms. The summed E-state index contributed by atoms with van der Waals surface area (Å²) >= 11 is 6.01. The highest BCUT2D eigenvalue weighted by Crippen LogP contribution is 2.28. The Hall–Kier alpha value is -2.91. The predicted molar refractivity (Wildman–Crippen MR) is 108 cm³/mol. The molecule has 1 N–H and O–H groups in total. The van der Waals surface area contributed by atoms with Crippen LogP contribution in [0, 0.1) is 0 Å². The molecule has 1 atom stereocenters. The van der Waals surface area contributed by atoms with Gasteiger partial charge in [0.15, 0.2) is 5.82 Å². The Kier molecular flexibility index (Phi) is 4.55. The molecule has 4 aromatic rings. The van der Waals surface area contributed by atoms with E-state index >= 15 is 0 Å². The lowest BCUT2D eigenvalue weighted by atomic mass is 10.1. The molecule has 4 rings (SSSR count). The first-order valence-corrected chi connectivity index (χ1v) is 8.93. The number of nitrogens with one attached hydrogen (secondary N) is 1. The van der Waals surface area contributed by atoms with Gasteiger partial charge in [-0.05, 0) is 48.9 Å². The number of hydrogen-bond acceptors (Lipinski definition) is 3. The second-order valence-corrected chi connectivity index (χ2v) is 6.63. The molecule has 0 saturated heterocycles. The quantitative estimate of drug-likeness (QED) is 0.476. The summed E-state index contributed by atoms with van der Waals surface area (Å²) in [4.78, 5) is 9.52. The van der Waals surface area contributed by atoms with Crippen molar-refractivity contribution in [1.29, 1.82) is 0 Å². The zero-order valence-corrected chi connectivity index (χ0v) is 15.1. The number of fused-ring (bicyclic) bond motifs is 1. The zero-order valence-electron chi connectivity index (χ0n) is 14.4. The van der Waals surface area contributed by atoms with E-state index in [1.165, 1.54) is 5.56 Å². The minimum absolute atomic E-state index is 0.132. The van der Waals surface area contributed by atoms with Gasteiger partial charge in [-0.1, -0.05) is 54.1 Å². The van der Waals surface area contributed by atoms with Gasteiger partial charge >= 0.3 is 0 Å². The van der Waals surface area contributed by atoms with Gasteiger partial charge in [0.05, 0.1) is 5.52 Å². The number of hydrogen-bond donors (Lipinski definition) is 1. The Morgan fingerprint density at radius 2 is 1.50 bits per heavy atom. The van der Waals surface area contributed by atoms with Gasteiger partial charge in [0.25, 0.3) is 0 Å². The van der Waals surface area contributed by atoms with Crippen LogP contribution in [-0.4, -0.2) is 9.97 Å². The van der Waals surface area contributed by atoms with Crippen molar-refractivity contribution in [1.82, 2.24) is 9.97 Å². The van der Waals surface area contributed by atoms with Crippen LogP contribution in [0.5, 0.6) is 0 Å². The molecule has 0 bridgehead atoms. The molecule has 0 aliphatic rings. The summed E-state index contributed by atoms with van der Waals surface area (Å²) in [5.74, 6) is 1.51. The highest BCUT2D eigenvalue weighted by molar-refractivity contribution is 6.30. The topological polar surface area (TPSA) is 37.8 Å². The molecule has 0 amide bonds. The van der Waals surface area contributed by atoms with Gasteiger partial charge in [0.1, 0.15) is 5.82 Å². The maximum absolute atomic E-state index is 6.01. The van der Waals surface area contributed by atoms with Crippen molar-refractivity contribution in [3.63, 3.8) is 0 Å². The van der Waals surface area contributed by atoms with Crippen LogP contribution in [0.3, 0.4) is 0 Å². The number of para-hydroxylation sites is 1. The Balaban J connectivity index is 1.78. The molecule has 3 nitrogen and oxygen atoms in total.